The molecule has 2 rings (SSSR count). The molecule has 0 bridgehead atoms. The summed E-state index contributed by atoms with van der Waals surface area (Å²) in [7, 11) is 0. The third-order valence-electron chi connectivity index (χ3n) is 3.47. The van der Waals surface area contributed by atoms with Crippen LogP contribution in [0.5, 0.6) is 0 Å². The van der Waals surface area contributed by atoms with E-state index in [9.17, 15) is 18.0 Å². The molecule has 0 radical (unpaired) electrons. The van der Waals surface area contributed by atoms with Gasteiger partial charge in [0.05, 0.1) is 6.20 Å². The summed E-state index contributed by atoms with van der Waals surface area (Å²) in [6, 6.07) is 1.02. The molecule has 0 aliphatic heterocycles. The molecule has 1 N–H and O–H groups in total. The highest BCUT2D eigenvalue weighted by Crippen LogP contribution is 2.28. The molecule has 24 heavy (non-hydrogen) atoms. The Morgan fingerprint density at radius 3 is 2.62 bits per heavy atom. The Bertz CT molecular complexity index is 690. The van der Waals surface area contributed by atoms with E-state index in [1.165, 1.54) is 4.68 Å². The van der Waals surface area contributed by atoms with E-state index >= 15 is 0 Å². The molecule has 0 fully saturated rings. The van der Waals surface area contributed by atoms with Gasteiger partial charge in [0.25, 0.3) is 0 Å². The van der Waals surface area contributed by atoms with Gasteiger partial charge in [-0.1, -0.05) is 0 Å². The van der Waals surface area contributed by atoms with Crippen molar-refractivity contribution in [2.75, 3.05) is 6.54 Å². The molecule has 0 aliphatic rings. The van der Waals surface area contributed by atoms with Crippen molar-refractivity contribution >= 4 is 5.91 Å². The van der Waals surface area contributed by atoms with Crippen LogP contribution in [-0.2, 0) is 24.1 Å². The molecule has 2 aromatic rings. The molecular weight excluding hydrogens is 323 g/mol. The van der Waals surface area contributed by atoms with Crippen molar-refractivity contribution in [3.8, 4) is 0 Å². The molecular formula is C15H20F3N5O. The van der Waals surface area contributed by atoms with E-state index in [2.05, 4.69) is 15.5 Å². The molecule has 2 aromatic heterocycles. The monoisotopic (exact) mass is 343 g/mol. The number of alkyl halides is 3. The second-order valence-corrected chi connectivity index (χ2v) is 5.63. The molecule has 2 heterocycles. The average Bonchev–Trinajstić information content (AvgIpc) is 3.07. The second kappa shape index (κ2) is 7.50. The summed E-state index contributed by atoms with van der Waals surface area (Å²) in [5.74, 6) is -0.115. The van der Waals surface area contributed by atoms with Crippen molar-refractivity contribution in [2.45, 2.75) is 46.0 Å². The minimum absolute atomic E-state index is 0.115. The minimum atomic E-state index is -4.44. The smallest absolute Gasteiger partial charge is 0.356 e. The lowest BCUT2D eigenvalue weighted by Gasteiger charge is -2.07. The number of hydrogen-bond acceptors (Lipinski definition) is 3. The summed E-state index contributed by atoms with van der Waals surface area (Å²) in [5, 5.41) is 10.4. The number of carbonyl (C=O) groups is 1. The number of nitrogens with one attached hydrogen (secondary N) is 1. The lowest BCUT2D eigenvalue weighted by Crippen LogP contribution is -2.26. The standard InChI is InChI=1S/C15H20F3N5O/c1-11-9-20-22(10-11)7-4-14(24)19-5-3-6-23-12(2)8-13(21-23)15(16,17)18/h8-10H,3-7H2,1-2H3,(H,19,24). The molecule has 0 spiro atoms. The zero-order valence-electron chi connectivity index (χ0n) is 13.6. The number of carbonyl (C=O) groups excluding carboxylic acids is 1. The summed E-state index contributed by atoms with van der Waals surface area (Å²) in [6.45, 7) is 4.70. The molecule has 0 atom stereocenters. The average molecular weight is 343 g/mol. The maximum absolute atomic E-state index is 12.6. The van der Waals surface area contributed by atoms with Gasteiger partial charge >= 0.3 is 6.18 Å². The fourth-order valence-corrected chi connectivity index (χ4v) is 2.23. The van der Waals surface area contributed by atoms with Gasteiger partial charge in [0.2, 0.25) is 5.91 Å². The van der Waals surface area contributed by atoms with Gasteiger partial charge in [-0.05, 0) is 31.9 Å². The van der Waals surface area contributed by atoms with E-state index in [1.54, 1.807) is 17.8 Å². The first-order chi connectivity index (χ1) is 11.3. The summed E-state index contributed by atoms with van der Waals surface area (Å²) < 4.78 is 40.7. The van der Waals surface area contributed by atoms with Gasteiger partial charge in [-0.25, -0.2) is 0 Å². The second-order valence-electron chi connectivity index (χ2n) is 5.63. The van der Waals surface area contributed by atoms with Crippen molar-refractivity contribution in [1.82, 2.24) is 24.9 Å². The van der Waals surface area contributed by atoms with E-state index in [-0.39, 0.29) is 5.91 Å². The number of amides is 1. The maximum atomic E-state index is 12.6. The van der Waals surface area contributed by atoms with Gasteiger partial charge < -0.3 is 5.32 Å². The van der Waals surface area contributed by atoms with Gasteiger partial charge in [-0.2, -0.15) is 23.4 Å². The molecule has 0 aliphatic carbocycles. The fourth-order valence-electron chi connectivity index (χ4n) is 2.23. The normalized spacial score (nSPS) is 11.7. The third kappa shape index (κ3) is 5.10. The first-order valence-electron chi connectivity index (χ1n) is 7.63. The Morgan fingerprint density at radius 1 is 1.29 bits per heavy atom. The molecule has 1 amide bonds. The van der Waals surface area contributed by atoms with Crippen LogP contribution in [0.2, 0.25) is 0 Å². The van der Waals surface area contributed by atoms with Crippen LogP contribution in [0.25, 0.3) is 0 Å². The number of aryl methyl sites for hydroxylation is 4. The van der Waals surface area contributed by atoms with Crippen molar-refractivity contribution in [3.63, 3.8) is 0 Å². The lowest BCUT2D eigenvalue weighted by atomic mass is 10.3. The first-order valence-corrected chi connectivity index (χ1v) is 7.63. The van der Waals surface area contributed by atoms with Gasteiger partial charge in [0.1, 0.15) is 0 Å². The number of halogens is 3. The lowest BCUT2D eigenvalue weighted by molar-refractivity contribution is -0.141. The molecule has 0 saturated heterocycles. The predicted molar refractivity (Wildman–Crippen MR) is 81.2 cm³/mol. The molecule has 0 aromatic carbocycles. The summed E-state index contributed by atoms with van der Waals surface area (Å²) in [4.78, 5) is 11.7. The van der Waals surface area contributed by atoms with Crippen LogP contribution in [0, 0.1) is 13.8 Å². The highest BCUT2D eigenvalue weighted by molar-refractivity contribution is 5.75. The highest BCUT2D eigenvalue weighted by atomic mass is 19.4. The summed E-state index contributed by atoms with van der Waals surface area (Å²) in [6.07, 6.45) is -0.0484. The SMILES string of the molecule is Cc1cnn(CCC(=O)NCCCn2nc(C(F)(F)F)cc2C)c1. The Labute approximate surface area is 137 Å². The van der Waals surface area contributed by atoms with Crippen LogP contribution < -0.4 is 5.32 Å². The number of rotatable bonds is 7. The highest BCUT2D eigenvalue weighted by Gasteiger charge is 2.34. The molecule has 9 heteroatoms. The minimum Gasteiger partial charge on any atom is -0.356 e. The van der Waals surface area contributed by atoms with Crippen LogP contribution in [0.4, 0.5) is 13.2 Å². The number of nitrogens with zero attached hydrogens (tertiary/aromatic N) is 4. The van der Waals surface area contributed by atoms with Crippen LogP contribution in [0.3, 0.4) is 0 Å². The Hall–Kier alpha value is -2.32. The van der Waals surface area contributed by atoms with Crippen LogP contribution >= 0.6 is 0 Å². The molecule has 6 nitrogen and oxygen atoms in total. The van der Waals surface area contributed by atoms with Gasteiger partial charge in [0, 0.05) is 37.9 Å². The predicted octanol–water partition coefficient (Wildman–Crippen LogP) is 2.31. The van der Waals surface area contributed by atoms with Crippen LogP contribution in [0.1, 0.15) is 29.8 Å². The zero-order chi connectivity index (χ0) is 17.7. The van der Waals surface area contributed by atoms with Crippen molar-refractivity contribution in [2.24, 2.45) is 0 Å². The van der Waals surface area contributed by atoms with Crippen molar-refractivity contribution in [3.05, 3.63) is 35.4 Å². The van der Waals surface area contributed by atoms with E-state index in [0.29, 0.717) is 38.2 Å². The quantitative estimate of drug-likeness (QED) is 0.785. The Kier molecular flexibility index (Phi) is 5.63. The maximum Gasteiger partial charge on any atom is 0.435 e. The topological polar surface area (TPSA) is 64.7 Å². The number of hydrogen-bond donors (Lipinski definition) is 1. The van der Waals surface area contributed by atoms with E-state index in [0.717, 1.165) is 11.6 Å². The zero-order valence-corrected chi connectivity index (χ0v) is 13.6. The van der Waals surface area contributed by atoms with Crippen molar-refractivity contribution in [1.29, 1.82) is 0 Å². The largest absolute Gasteiger partial charge is 0.435 e. The van der Waals surface area contributed by atoms with E-state index in [4.69, 9.17) is 0 Å². The Morgan fingerprint density at radius 2 is 2.04 bits per heavy atom. The van der Waals surface area contributed by atoms with Crippen molar-refractivity contribution < 1.29 is 18.0 Å². The van der Waals surface area contributed by atoms with Gasteiger partial charge in [-0.3, -0.25) is 14.2 Å². The molecule has 132 valence electrons. The van der Waals surface area contributed by atoms with Gasteiger partial charge in [-0.15, -0.1) is 0 Å². The Balaban J connectivity index is 1.69. The summed E-state index contributed by atoms with van der Waals surface area (Å²) >= 11 is 0. The van der Waals surface area contributed by atoms with Crippen LogP contribution in [0.15, 0.2) is 18.5 Å². The fraction of sp³-hybridized carbons (Fsp3) is 0.533. The summed E-state index contributed by atoms with van der Waals surface area (Å²) in [5.41, 5.74) is 0.587. The van der Waals surface area contributed by atoms with Crippen LogP contribution in [-0.4, -0.2) is 32.0 Å². The molecule has 0 saturated carbocycles. The van der Waals surface area contributed by atoms with Gasteiger partial charge in [0.15, 0.2) is 5.69 Å². The van der Waals surface area contributed by atoms with E-state index in [1.807, 2.05) is 13.1 Å². The molecule has 0 unspecified atom stereocenters. The first kappa shape index (κ1) is 18.0. The third-order valence-corrected chi connectivity index (χ3v) is 3.47. The number of aromatic nitrogens is 4. The van der Waals surface area contributed by atoms with E-state index < -0.39 is 11.9 Å².